The van der Waals surface area contributed by atoms with Crippen molar-refractivity contribution < 1.29 is 39.2 Å². The third-order valence-electron chi connectivity index (χ3n) is 5.26. The number of carbonyl (C=O) groups is 4. The Morgan fingerprint density at radius 1 is 0.971 bits per heavy atom. The summed E-state index contributed by atoms with van der Waals surface area (Å²) in [5.41, 5.74) is 2.00. The van der Waals surface area contributed by atoms with Gasteiger partial charge in [-0.1, -0.05) is 30.3 Å². The highest BCUT2D eigenvalue weighted by Gasteiger charge is 2.28. The molecule has 1 heterocycles. The van der Waals surface area contributed by atoms with Crippen molar-refractivity contribution in [3.8, 4) is 5.75 Å². The van der Waals surface area contributed by atoms with E-state index in [9.17, 15) is 29.4 Å². The van der Waals surface area contributed by atoms with Gasteiger partial charge in [0.15, 0.2) is 0 Å². The van der Waals surface area contributed by atoms with Crippen LogP contribution in [0.15, 0.2) is 54.7 Å². The van der Waals surface area contributed by atoms with E-state index < -0.39 is 42.4 Å². The Hall–Kier alpha value is -4.54. The molecule has 6 N–H and O–H groups in total. The molecule has 0 spiro atoms. The van der Waals surface area contributed by atoms with E-state index >= 15 is 0 Å². The van der Waals surface area contributed by atoms with Gasteiger partial charge in [0.2, 0.25) is 5.91 Å². The maximum absolute atomic E-state index is 13.0. The van der Waals surface area contributed by atoms with E-state index in [0.29, 0.717) is 16.5 Å². The number of aliphatic carboxylic acids is 2. The Morgan fingerprint density at radius 2 is 1.71 bits per heavy atom. The van der Waals surface area contributed by atoms with Gasteiger partial charge in [-0.2, -0.15) is 0 Å². The minimum absolute atomic E-state index is 0.00851. The van der Waals surface area contributed by atoms with Gasteiger partial charge in [-0.3, -0.25) is 9.59 Å². The number of phenolic OH excluding ortho intramolecular Hbond substituents is 1. The Morgan fingerprint density at radius 3 is 2.40 bits per heavy atom. The van der Waals surface area contributed by atoms with E-state index in [-0.39, 0.29) is 25.2 Å². The first-order chi connectivity index (χ1) is 16.7. The average Bonchev–Trinajstić information content (AvgIpc) is 3.21. The lowest BCUT2D eigenvalue weighted by Crippen LogP contribution is -2.52. The lowest BCUT2D eigenvalue weighted by atomic mass is 10.0. The molecule has 3 aromatic rings. The zero-order valence-corrected chi connectivity index (χ0v) is 18.6. The first kappa shape index (κ1) is 25.1. The highest BCUT2D eigenvalue weighted by molar-refractivity contribution is 5.91. The van der Waals surface area contributed by atoms with Crippen LogP contribution < -0.4 is 10.6 Å². The molecule has 3 rings (SSSR count). The molecule has 0 fully saturated rings. The molecule has 0 radical (unpaired) electrons. The lowest BCUT2D eigenvalue weighted by Gasteiger charge is -2.21. The number of fused-ring (bicyclic) bond motifs is 1. The van der Waals surface area contributed by atoms with Crippen molar-refractivity contribution >= 4 is 34.8 Å². The molecule has 0 aliphatic heterocycles. The Bertz CT molecular complexity index is 1210. The van der Waals surface area contributed by atoms with Crippen LogP contribution in [0, 0.1) is 0 Å². The molecule has 0 saturated carbocycles. The van der Waals surface area contributed by atoms with E-state index in [4.69, 9.17) is 9.84 Å². The van der Waals surface area contributed by atoms with Crippen LogP contribution in [0.1, 0.15) is 24.0 Å². The molecule has 35 heavy (non-hydrogen) atoms. The standard InChI is InChI=1S/C24H25N3O8/c28-16-6-7-18-17(11-16)15(12-25-18)10-20(22(31)26-19(23(32)33)8-9-21(29)30)27-24(34)35-13-14-4-2-1-3-5-14/h1-7,11-12,19-20,25,28H,8-10,13H2,(H,26,31)(H,27,34)(H,29,30)(H,32,33)/t19-,20-/m0/s1. The SMILES string of the molecule is O=C(O)CC[C@H](NC(=O)[C@H](Cc1c[nH]c2ccc(O)cc12)NC(=O)OCc1ccccc1)C(=O)O. The fraction of sp³-hybridized carbons (Fsp3) is 0.250. The summed E-state index contributed by atoms with van der Waals surface area (Å²) in [5, 5.41) is 33.4. The van der Waals surface area contributed by atoms with Gasteiger partial charge in [-0.15, -0.1) is 0 Å². The van der Waals surface area contributed by atoms with Gasteiger partial charge in [0, 0.05) is 29.9 Å². The third-order valence-corrected chi connectivity index (χ3v) is 5.26. The number of alkyl carbamates (subject to hydrolysis) is 1. The molecule has 0 aliphatic carbocycles. The van der Waals surface area contributed by atoms with Crippen molar-refractivity contribution in [1.82, 2.24) is 15.6 Å². The number of hydrogen-bond donors (Lipinski definition) is 6. The molecular weight excluding hydrogens is 458 g/mol. The summed E-state index contributed by atoms with van der Waals surface area (Å²) in [7, 11) is 0. The second-order valence-electron chi connectivity index (χ2n) is 7.84. The first-order valence-electron chi connectivity index (χ1n) is 10.7. The van der Waals surface area contributed by atoms with Crippen LogP contribution in [0.2, 0.25) is 0 Å². The smallest absolute Gasteiger partial charge is 0.408 e. The second kappa shape index (κ2) is 11.5. The number of benzene rings is 2. The maximum atomic E-state index is 13.0. The molecule has 2 aromatic carbocycles. The number of aromatic nitrogens is 1. The monoisotopic (exact) mass is 483 g/mol. The number of aromatic amines is 1. The summed E-state index contributed by atoms with van der Waals surface area (Å²) >= 11 is 0. The number of nitrogens with one attached hydrogen (secondary N) is 3. The quantitative estimate of drug-likeness (QED) is 0.240. The molecule has 2 amide bonds. The summed E-state index contributed by atoms with van der Waals surface area (Å²) in [5.74, 6) is -3.42. The van der Waals surface area contributed by atoms with Gasteiger partial charge >= 0.3 is 18.0 Å². The van der Waals surface area contributed by atoms with Crippen molar-refractivity contribution in [3.05, 3.63) is 65.9 Å². The van der Waals surface area contributed by atoms with E-state index in [1.807, 2.05) is 6.07 Å². The third kappa shape index (κ3) is 7.22. The molecule has 11 nitrogen and oxygen atoms in total. The Labute approximate surface area is 199 Å². The first-order valence-corrected chi connectivity index (χ1v) is 10.7. The van der Waals surface area contributed by atoms with Gasteiger partial charge in [-0.05, 0) is 35.7 Å². The number of carboxylic acids is 2. The zero-order valence-electron chi connectivity index (χ0n) is 18.6. The summed E-state index contributed by atoms with van der Waals surface area (Å²) in [6.45, 7) is -0.0433. The van der Waals surface area contributed by atoms with Crippen LogP contribution in [0.5, 0.6) is 5.75 Å². The van der Waals surface area contributed by atoms with Gasteiger partial charge in [0.1, 0.15) is 24.4 Å². The predicted molar refractivity (Wildman–Crippen MR) is 124 cm³/mol. The van der Waals surface area contributed by atoms with Crippen LogP contribution in [0.4, 0.5) is 4.79 Å². The molecule has 0 bridgehead atoms. The summed E-state index contributed by atoms with van der Waals surface area (Å²) in [6.07, 6.45) is -0.130. The topological polar surface area (TPSA) is 178 Å². The van der Waals surface area contributed by atoms with Crippen LogP contribution in [0.25, 0.3) is 10.9 Å². The van der Waals surface area contributed by atoms with Crippen molar-refractivity contribution in [1.29, 1.82) is 0 Å². The number of H-pyrrole nitrogens is 1. The number of rotatable bonds is 11. The summed E-state index contributed by atoms with van der Waals surface area (Å²) in [4.78, 5) is 50.8. The average molecular weight is 483 g/mol. The number of hydrogen-bond acceptors (Lipinski definition) is 6. The number of phenols is 1. The second-order valence-corrected chi connectivity index (χ2v) is 7.84. The predicted octanol–water partition coefficient (Wildman–Crippen LogP) is 2.15. The zero-order chi connectivity index (χ0) is 25.4. The highest BCUT2D eigenvalue weighted by Crippen LogP contribution is 2.24. The largest absolute Gasteiger partial charge is 0.508 e. The molecular formula is C24H25N3O8. The van der Waals surface area contributed by atoms with Gasteiger partial charge in [-0.25, -0.2) is 9.59 Å². The number of aromatic hydroxyl groups is 1. The lowest BCUT2D eigenvalue weighted by molar-refractivity contribution is -0.143. The van der Waals surface area contributed by atoms with Gasteiger partial charge in [0.25, 0.3) is 0 Å². The molecule has 184 valence electrons. The fourth-order valence-corrected chi connectivity index (χ4v) is 3.47. The molecule has 11 heteroatoms. The maximum Gasteiger partial charge on any atom is 0.408 e. The Kier molecular flexibility index (Phi) is 8.28. The van der Waals surface area contributed by atoms with Gasteiger partial charge < -0.3 is 35.7 Å². The minimum Gasteiger partial charge on any atom is -0.508 e. The number of carboxylic acid groups (broad SMARTS) is 2. The van der Waals surface area contributed by atoms with E-state index in [0.717, 1.165) is 5.56 Å². The van der Waals surface area contributed by atoms with Crippen molar-refractivity contribution in [2.75, 3.05) is 0 Å². The number of ether oxygens (including phenoxy) is 1. The summed E-state index contributed by atoms with van der Waals surface area (Å²) in [6, 6.07) is 10.8. The van der Waals surface area contributed by atoms with E-state index in [1.165, 1.54) is 12.1 Å². The molecule has 2 atom stereocenters. The van der Waals surface area contributed by atoms with Crippen molar-refractivity contribution in [3.63, 3.8) is 0 Å². The highest BCUT2D eigenvalue weighted by atomic mass is 16.5. The molecule has 0 aliphatic rings. The molecule has 0 saturated heterocycles. The van der Waals surface area contributed by atoms with E-state index in [2.05, 4.69) is 15.6 Å². The van der Waals surface area contributed by atoms with E-state index in [1.54, 1.807) is 36.5 Å². The Balaban J connectivity index is 1.77. The molecule has 1 aromatic heterocycles. The van der Waals surface area contributed by atoms with Crippen LogP contribution >= 0.6 is 0 Å². The number of carbonyl (C=O) groups excluding carboxylic acids is 2. The van der Waals surface area contributed by atoms with Crippen molar-refractivity contribution in [2.24, 2.45) is 0 Å². The van der Waals surface area contributed by atoms with Crippen LogP contribution in [0.3, 0.4) is 0 Å². The normalized spacial score (nSPS) is 12.5. The van der Waals surface area contributed by atoms with Crippen LogP contribution in [-0.4, -0.2) is 56.3 Å². The molecule has 0 unspecified atom stereocenters. The van der Waals surface area contributed by atoms with Gasteiger partial charge in [0.05, 0.1) is 0 Å². The van der Waals surface area contributed by atoms with Crippen molar-refractivity contribution in [2.45, 2.75) is 38.0 Å². The fourth-order valence-electron chi connectivity index (χ4n) is 3.47. The number of amides is 2. The van der Waals surface area contributed by atoms with Crippen LogP contribution in [-0.2, 0) is 32.1 Å². The summed E-state index contributed by atoms with van der Waals surface area (Å²) < 4.78 is 5.19. The minimum atomic E-state index is -1.46.